The normalized spacial score (nSPS) is 14.6. The van der Waals surface area contributed by atoms with Gasteiger partial charge in [0.2, 0.25) is 5.91 Å². The van der Waals surface area contributed by atoms with Crippen LogP contribution >= 0.6 is 0 Å². The zero-order chi connectivity index (χ0) is 24.5. The van der Waals surface area contributed by atoms with Gasteiger partial charge in [-0.05, 0) is 50.3 Å². The van der Waals surface area contributed by atoms with Gasteiger partial charge in [0.25, 0.3) is 11.8 Å². The van der Waals surface area contributed by atoms with Crippen LogP contribution in [0.4, 0.5) is 11.4 Å². The molecule has 2 heterocycles. The van der Waals surface area contributed by atoms with Gasteiger partial charge in [-0.2, -0.15) is 0 Å². The van der Waals surface area contributed by atoms with Gasteiger partial charge in [-0.1, -0.05) is 54.1 Å². The molecule has 1 aliphatic rings. The van der Waals surface area contributed by atoms with E-state index in [1.165, 1.54) is 5.01 Å². The number of carbonyl (C=O) groups is 3. The van der Waals surface area contributed by atoms with Gasteiger partial charge in [0, 0.05) is 27.8 Å². The Bertz CT molecular complexity index is 1480. The van der Waals surface area contributed by atoms with Gasteiger partial charge >= 0.3 is 0 Å². The largest absolute Gasteiger partial charge is 0.335 e. The van der Waals surface area contributed by atoms with E-state index in [9.17, 15) is 14.4 Å². The van der Waals surface area contributed by atoms with Crippen molar-refractivity contribution in [3.63, 3.8) is 0 Å². The van der Waals surface area contributed by atoms with Gasteiger partial charge in [0.1, 0.15) is 12.1 Å². The molecule has 2 N–H and O–H groups in total. The van der Waals surface area contributed by atoms with Crippen LogP contribution in [0, 0.1) is 13.8 Å². The molecule has 0 bridgehead atoms. The van der Waals surface area contributed by atoms with E-state index in [1.807, 2.05) is 73.0 Å². The fourth-order valence-electron chi connectivity index (χ4n) is 4.29. The fraction of sp³-hybridized carbons (Fsp3) is 0.107. The van der Waals surface area contributed by atoms with Crippen LogP contribution in [0.3, 0.4) is 0 Å². The molecule has 7 heteroatoms. The summed E-state index contributed by atoms with van der Waals surface area (Å²) in [6.45, 7) is 3.98. The van der Waals surface area contributed by atoms with E-state index in [4.69, 9.17) is 0 Å². The molecule has 35 heavy (non-hydrogen) atoms. The van der Waals surface area contributed by atoms with Crippen molar-refractivity contribution in [1.82, 2.24) is 9.99 Å². The zero-order valence-corrected chi connectivity index (χ0v) is 19.4. The van der Waals surface area contributed by atoms with Gasteiger partial charge < -0.3 is 9.88 Å². The third kappa shape index (κ3) is 4.19. The Labute approximate surface area is 202 Å². The number of hydrazine groups is 1. The summed E-state index contributed by atoms with van der Waals surface area (Å²) in [6, 6.07) is 24.2. The standard InChI is InChI=1S/C28H24N4O3/c1-18-12-14-20(15-13-18)29-26(33)17-31-19(2)23(22-10-6-7-11-25(22)31)16-24-27(34)30-32(28(24)35)21-8-4-3-5-9-21/h3-16H,17H2,1-2H3,(H,29,33)(H,30,34). The van der Waals surface area contributed by atoms with Crippen molar-refractivity contribution in [2.45, 2.75) is 20.4 Å². The van der Waals surface area contributed by atoms with Crippen LogP contribution in [0.2, 0.25) is 0 Å². The number of benzene rings is 3. The van der Waals surface area contributed by atoms with E-state index in [2.05, 4.69) is 10.7 Å². The number of amides is 3. The van der Waals surface area contributed by atoms with E-state index in [-0.39, 0.29) is 18.0 Å². The minimum atomic E-state index is -0.466. The monoisotopic (exact) mass is 464 g/mol. The Morgan fingerprint density at radius 2 is 1.60 bits per heavy atom. The summed E-state index contributed by atoms with van der Waals surface area (Å²) in [4.78, 5) is 38.7. The molecule has 0 unspecified atom stereocenters. The van der Waals surface area contributed by atoms with E-state index in [0.717, 1.165) is 33.4 Å². The Morgan fingerprint density at radius 3 is 2.34 bits per heavy atom. The second kappa shape index (κ2) is 8.95. The lowest BCUT2D eigenvalue weighted by molar-refractivity contribution is -0.118. The molecule has 5 rings (SSSR count). The van der Waals surface area contributed by atoms with E-state index in [1.54, 1.807) is 30.3 Å². The molecule has 3 amide bonds. The summed E-state index contributed by atoms with van der Waals surface area (Å²) in [5.41, 5.74) is 7.48. The number of nitrogens with zero attached hydrogens (tertiary/aromatic N) is 2. The number of rotatable bonds is 5. The average Bonchev–Trinajstić information content (AvgIpc) is 3.29. The van der Waals surface area contributed by atoms with E-state index >= 15 is 0 Å². The summed E-state index contributed by atoms with van der Waals surface area (Å²) in [5, 5.41) is 5.04. The summed E-state index contributed by atoms with van der Waals surface area (Å²) in [5.74, 6) is -1.05. The lowest BCUT2D eigenvalue weighted by atomic mass is 10.1. The number of nitrogens with one attached hydrogen (secondary N) is 2. The highest BCUT2D eigenvalue weighted by Gasteiger charge is 2.35. The Hall–Kier alpha value is -4.65. The molecule has 1 fully saturated rings. The van der Waals surface area contributed by atoms with Gasteiger partial charge in [-0.3, -0.25) is 19.8 Å². The second-order valence-electron chi connectivity index (χ2n) is 8.49. The number of hydrogen-bond acceptors (Lipinski definition) is 3. The smallest absolute Gasteiger partial charge is 0.282 e. The highest BCUT2D eigenvalue weighted by Crippen LogP contribution is 2.30. The van der Waals surface area contributed by atoms with Crippen LogP contribution in [0.15, 0.2) is 84.4 Å². The molecule has 0 spiro atoms. The topological polar surface area (TPSA) is 83.4 Å². The highest BCUT2D eigenvalue weighted by molar-refractivity contribution is 6.32. The molecule has 0 radical (unpaired) electrons. The molecular weight excluding hydrogens is 440 g/mol. The molecule has 1 saturated heterocycles. The van der Waals surface area contributed by atoms with Crippen molar-refractivity contribution < 1.29 is 14.4 Å². The molecular formula is C28H24N4O3. The number of carbonyl (C=O) groups excluding carboxylic acids is 3. The fourth-order valence-corrected chi connectivity index (χ4v) is 4.29. The van der Waals surface area contributed by atoms with Crippen LogP contribution in [-0.4, -0.2) is 22.3 Å². The van der Waals surface area contributed by atoms with Gasteiger partial charge in [0.05, 0.1) is 5.69 Å². The summed E-state index contributed by atoms with van der Waals surface area (Å²) in [6.07, 6.45) is 1.62. The van der Waals surface area contributed by atoms with Crippen LogP contribution < -0.4 is 15.8 Å². The average molecular weight is 465 g/mol. The first-order valence-electron chi connectivity index (χ1n) is 11.3. The zero-order valence-electron chi connectivity index (χ0n) is 19.4. The van der Waals surface area contributed by atoms with Crippen molar-refractivity contribution in [3.05, 3.63) is 101 Å². The number of hydrogen-bond donors (Lipinski definition) is 2. The molecule has 0 atom stereocenters. The first-order chi connectivity index (χ1) is 16.9. The van der Waals surface area contributed by atoms with E-state index < -0.39 is 11.8 Å². The maximum atomic E-state index is 13.1. The number of aromatic nitrogens is 1. The quantitative estimate of drug-likeness (QED) is 0.340. The highest BCUT2D eigenvalue weighted by atomic mass is 16.2. The molecule has 1 aliphatic heterocycles. The molecule has 174 valence electrons. The van der Waals surface area contributed by atoms with Gasteiger partial charge in [-0.25, -0.2) is 5.01 Å². The van der Waals surface area contributed by atoms with Crippen LogP contribution in [0.1, 0.15) is 16.8 Å². The van der Waals surface area contributed by atoms with Gasteiger partial charge in [0.15, 0.2) is 0 Å². The lowest BCUT2D eigenvalue weighted by Gasteiger charge is -2.13. The number of fused-ring (bicyclic) bond motifs is 1. The van der Waals surface area contributed by atoms with Gasteiger partial charge in [-0.15, -0.1) is 0 Å². The Balaban J connectivity index is 1.49. The first-order valence-corrected chi connectivity index (χ1v) is 11.3. The molecule has 3 aromatic carbocycles. The van der Waals surface area contributed by atoms with Crippen LogP contribution in [0.25, 0.3) is 17.0 Å². The van der Waals surface area contributed by atoms with Crippen molar-refractivity contribution in [1.29, 1.82) is 0 Å². The maximum absolute atomic E-state index is 13.1. The molecule has 0 saturated carbocycles. The Morgan fingerprint density at radius 1 is 0.914 bits per heavy atom. The minimum absolute atomic E-state index is 0.0453. The first kappa shape index (κ1) is 22.2. The third-order valence-electron chi connectivity index (χ3n) is 6.11. The summed E-state index contributed by atoms with van der Waals surface area (Å²) in [7, 11) is 0. The van der Waals surface area contributed by atoms with Crippen molar-refractivity contribution in [3.8, 4) is 0 Å². The van der Waals surface area contributed by atoms with Crippen LogP contribution in [0.5, 0.6) is 0 Å². The summed E-state index contributed by atoms with van der Waals surface area (Å²) < 4.78 is 1.90. The second-order valence-corrected chi connectivity index (χ2v) is 8.49. The Kier molecular flexibility index (Phi) is 5.66. The maximum Gasteiger partial charge on any atom is 0.282 e. The molecule has 1 aromatic heterocycles. The lowest BCUT2D eigenvalue weighted by Crippen LogP contribution is -2.35. The number of anilines is 2. The van der Waals surface area contributed by atoms with E-state index in [0.29, 0.717) is 5.69 Å². The van der Waals surface area contributed by atoms with Crippen molar-refractivity contribution in [2.24, 2.45) is 0 Å². The predicted molar refractivity (Wildman–Crippen MR) is 137 cm³/mol. The SMILES string of the molecule is Cc1ccc(NC(=O)Cn2c(C)c(C=C3C(=O)NN(c4ccccc4)C3=O)c3ccccc32)cc1. The molecule has 4 aromatic rings. The molecule has 0 aliphatic carbocycles. The third-order valence-corrected chi connectivity index (χ3v) is 6.11. The van der Waals surface area contributed by atoms with Crippen molar-refractivity contribution >= 4 is 46.1 Å². The predicted octanol–water partition coefficient (Wildman–Crippen LogP) is 4.36. The number of aryl methyl sites for hydroxylation is 1. The number of para-hydroxylation sites is 2. The molecule has 7 nitrogen and oxygen atoms in total. The minimum Gasteiger partial charge on any atom is -0.335 e. The van der Waals surface area contributed by atoms with Crippen LogP contribution in [-0.2, 0) is 20.9 Å². The summed E-state index contributed by atoms with van der Waals surface area (Å²) >= 11 is 0. The van der Waals surface area contributed by atoms with Crippen molar-refractivity contribution in [2.75, 3.05) is 10.3 Å².